The van der Waals surface area contributed by atoms with Gasteiger partial charge < -0.3 is 19.5 Å². The largest absolute Gasteiger partial charge is 0.485 e. The molecular formula is C7H7BO5S. The van der Waals surface area contributed by atoms with Crippen molar-refractivity contribution in [2.24, 2.45) is 0 Å². The Morgan fingerprint density at radius 1 is 1.29 bits per heavy atom. The van der Waals surface area contributed by atoms with Gasteiger partial charge in [-0.1, -0.05) is 0 Å². The Hall–Kier alpha value is -0.915. The highest BCUT2D eigenvalue weighted by Gasteiger charge is 2.34. The van der Waals surface area contributed by atoms with Crippen LogP contribution in [0, 0.1) is 0 Å². The van der Waals surface area contributed by atoms with Crippen molar-refractivity contribution in [3.8, 4) is 0 Å². The first-order valence-electron chi connectivity index (χ1n) is 3.99. The summed E-state index contributed by atoms with van der Waals surface area (Å²) in [5.74, 6) is 1.63. The third-order valence-corrected chi connectivity index (χ3v) is 2.61. The van der Waals surface area contributed by atoms with Gasteiger partial charge in [-0.3, -0.25) is 4.79 Å². The molecule has 5 nitrogen and oxygen atoms in total. The molecule has 0 fully saturated rings. The first kappa shape index (κ1) is 9.63. The number of carbonyl (C=O) groups is 1. The van der Waals surface area contributed by atoms with Crippen molar-refractivity contribution in [3.05, 3.63) is 22.4 Å². The lowest BCUT2D eigenvalue weighted by atomic mass is 9.91. The molecule has 2 rings (SSSR count). The number of thioether (sulfide) groups is 1. The Morgan fingerprint density at radius 3 is 2.57 bits per heavy atom. The predicted molar refractivity (Wildman–Crippen MR) is 49.8 cm³/mol. The third kappa shape index (κ3) is 1.66. The molecule has 0 amide bonds. The number of ether oxygens (including phenoxy) is 2. The highest BCUT2D eigenvalue weighted by atomic mass is 32.2. The molecule has 0 atom stereocenters. The molecule has 7 heteroatoms. The van der Waals surface area contributed by atoms with Crippen molar-refractivity contribution in [3.63, 3.8) is 0 Å². The van der Waals surface area contributed by atoms with Gasteiger partial charge in [-0.15, -0.1) is 0 Å². The average Bonchev–Trinajstić information content (AvgIpc) is 2.44. The third-order valence-electron chi connectivity index (χ3n) is 1.69. The van der Waals surface area contributed by atoms with E-state index in [4.69, 9.17) is 19.5 Å². The molecule has 0 aliphatic carbocycles. The Labute approximate surface area is 84.5 Å². The van der Waals surface area contributed by atoms with E-state index < -0.39 is 7.12 Å². The Balaban J connectivity index is 2.32. The maximum absolute atomic E-state index is 11.3. The maximum Gasteiger partial charge on any atom is 0.481 e. The zero-order valence-electron chi connectivity index (χ0n) is 7.10. The van der Waals surface area contributed by atoms with Crippen LogP contribution < -0.4 is 0 Å². The van der Waals surface area contributed by atoms with Gasteiger partial charge in [0.2, 0.25) is 5.76 Å². The normalized spacial score (nSPS) is 23.3. The SMILES string of the molecule is O=C1S/C(=C/B(O)O)C2=C1OCCO2. The van der Waals surface area contributed by atoms with Crippen LogP contribution in [0.3, 0.4) is 0 Å². The summed E-state index contributed by atoms with van der Waals surface area (Å²) in [4.78, 5) is 11.7. The summed E-state index contributed by atoms with van der Waals surface area (Å²) in [6.07, 6.45) is 0. The molecular weight excluding hydrogens is 207 g/mol. The summed E-state index contributed by atoms with van der Waals surface area (Å²) in [5, 5.41) is 17.2. The average molecular weight is 214 g/mol. The van der Waals surface area contributed by atoms with E-state index in [2.05, 4.69) is 0 Å². The number of rotatable bonds is 1. The van der Waals surface area contributed by atoms with Crippen LogP contribution in [0.1, 0.15) is 0 Å². The minimum absolute atomic E-state index is 0.174. The zero-order chi connectivity index (χ0) is 10.1. The van der Waals surface area contributed by atoms with Crippen LogP contribution in [0.25, 0.3) is 0 Å². The van der Waals surface area contributed by atoms with Gasteiger partial charge in [0.15, 0.2) is 5.76 Å². The van der Waals surface area contributed by atoms with Crippen LogP contribution in [0.2, 0.25) is 0 Å². The van der Waals surface area contributed by atoms with Crippen LogP contribution in [-0.2, 0) is 14.3 Å². The first-order chi connectivity index (χ1) is 6.68. The lowest BCUT2D eigenvalue weighted by Crippen LogP contribution is -2.14. The molecule has 74 valence electrons. The van der Waals surface area contributed by atoms with Gasteiger partial charge in [0.25, 0.3) is 5.12 Å². The molecule has 0 saturated carbocycles. The van der Waals surface area contributed by atoms with E-state index in [1.807, 2.05) is 0 Å². The minimum atomic E-state index is -1.59. The van der Waals surface area contributed by atoms with Gasteiger partial charge in [0, 0.05) is 0 Å². The predicted octanol–water partition coefficient (Wildman–Crippen LogP) is -0.586. The lowest BCUT2D eigenvalue weighted by Gasteiger charge is -2.15. The van der Waals surface area contributed by atoms with Crippen molar-refractivity contribution in [1.82, 2.24) is 0 Å². The van der Waals surface area contributed by atoms with Crippen LogP contribution in [0.15, 0.2) is 22.4 Å². The van der Waals surface area contributed by atoms with E-state index in [-0.39, 0.29) is 10.9 Å². The molecule has 2 N–H and O–H groups in total. The van der Waals surface area contributed by atoms with E-state index >= 15 is 0 Å². The molecule has 2 aliphatic heterocycles. The van der Waals surface area contributed by atoms with Gasteiger partial charge in [0.1, 0.15) is 13.2 Å². The van der Waals surface area contributed by atoms with Gasteiger partial charge >= 0.3 is 7.12 Å². The van der Waals surface area contributed by atoms with Crippen molar-refractivity contribution in [2.75, 3.05) is 13.2 Å². The fraction of sp³-hybridized carbons (Fsp3) is 0.286. The van der Waals surface area contributed by atoms with E-state index in [1.54, 1.807) is 0 Å². The van der Waals surface area contributed by atoms with Gasteiger partial charge in [-0.25, -0.2) is 0 Å². The first-order valence-corrected chi connectivity index (χ1v) is 4.80. The Morgan fingerprint density at radius 2 is 1.93 bits per heavy atom. The highest BCUT2D eigenvalue weighted by molar-refractivity contribution is 8.18. The summed E-state index contributed by atoms with van der Waals surface area (Å²) in [7, 11) is -1.59. The van der Waals surface area contributed by atoms with Crippen molar-refractivity contribution >= 4 is 24.0 Å². The fourth-order valence-corrected chi connectivity index (χ4v) is 2.07. The molecule has 2 aliphatic rings. The molecule has 0 bridgehead atoms. The quantitative estimate of drug-likeness (QED) is 0.568. The van der Waals surface area contributed by atoms with Crippen LogP contribution in [-0.4, -0.2) is 35.5 Å². The molecule has 0 aromatic carbocycles. The van der Waals surface area contributed by atoms with Crippen molar-refractivity contribution in [2.45, 2.75) is 0 Å². The molecule has 0 radical (unpaired) electrons. The molecule has 14 heavy (non-hydrogen) atoms. The van der Waals surface area contributed by atoms with Crippen molar-refractivity contribution in [1.29, 1.82) is 0 Å². The second-order valence-electron chi connectivity index (χ2n) is 2.69. The molecule has 0 saturated heterocycles. The number of carbonyl (C=O) groups excluding carboxylic acids is 1. The summed E-state index contributed by atoms with van der Waals surface area (Å²) in [6.45, 7) is 0.714. The molecule has 0 spiro atoms. The second kappa shape index (κ2) is 3.68. The van der Waals surface area contributed by atoms with E-state index in [0.717, 1.165) is 17.7 Å². The maximum atomic E-state index is 11.3. The standard InChI is InChI=1S/C7H7BO5S/c9-7-6-5(12-1-2-13-6)4(14-7)3-8(10)11/h3,10-11H,1-2H2/b4-3+. The highest BCUT2D eigenvalue weighted by Crippen LogP contribution is 2.40. The second-order valence-corrected chi connectivity index (χ2v) is 3.70. The zero-order valence-corrected chi connectivity index (χ0v) is 7.91. The summed E-state index contributed by atoms with van der Waals surface area (Å²) in [5.41, 5.74) is 0. The van der Waals surface area contributed by atoms with Gasteiger partial charge in [-0.05, 0) is 17.7 Å². The topological polar surface area (TPSA) is 76.0 Å². The molecule has 2 heterocycles. The van der Waals surface area contributed by atoms with Crippen LogP contribution in [0.5, 0.6) is 0 Å². The van der Waals surface area contributed by atoms with Crippen molar-refractivity contribution < 1.29 is 24.3 Å². The Bertz CT molecular complexity index is 335. The van der Waals surface area contributed by atoms with Gasteiger partial charge in [0.05, 0.1) is 4.91 Å². The minimum Gasteiger partial charge on any atom is -0.485 e. The smallest absolute Gasteiger partial charge is 0.481 e. The molecule has 0 unspecified atom stereocenters. The van der Waals surface area contributed by atoms with E-state index in [0.29, 0.717) is 23.9 Å². The van der Waals surface area contributed by atoms with Crippen LogP contribution >= 0.6 is 11.8 Å². The Kier molecular flexibility index (Phi) is 2.53. The monoisotopic (exact) mass is 214 g/mol. The molecule has 0 aromatic rings. The van der Waals surface area contributed by atoms with Crippen LogP contribution in [0.4, 0.5) is 0 Å². The summed E-state index contributed by atoms with van der Waals surface area (Å²) in [6, 6.07) is 0. The lowest BCUT2D eigenvalue weighted by molar-refractivity contribution is -0.112. The van der Waals surface area contributed by atoms with E-state index in [9.17, 15) is 4.79 Å². The van der Waals surface area contributed by atoms with E-state index in [1.165, 1.54) is 0 Å². The summed E-state index contributed by atoms with van der Waals surface area (Å²) >= 11 is 0.877. The number of hydrogen-bond donors (Lipinski definition) is 2. The summed E-state index contributed by atoms with van der Waals surface area (Å²) < 4.78 is 10.3. The fourth-order valence-electron chi connectivity index (χ4n) is 1.19. The van der Waals surface area contributed by atoms with Gasteiger partial charge in [-0.2, -0.15) is 0 Å². The molecule has 0 aromatic heterocycles. The number of hydrogen-bond acceptors (Lipinski definition) is 6.